The molecule has 0 unspecified atom stereocenters. The molecule has 2 aromatic rings. The van der Waals surface area contributed by atoms with Gasteiger partial charge in [-0.15, -0.1) is 0 Å². The Morgan fingerprint density at radius 3 is 2.61 bits per heavy atom. The van der Waals surface area contributed by atoms with Crippen LogP contribution in [0.3, 0.4) is 0 Å². The number of halogens is 1. The van der Waals surface area contributed by atoms with Gasteiger partial charge in [0.1, 0.15) is 17.9 Å². The highest BCUT2D eigenvalue weighted by molar-refractivity contribution is 6.32. The second-order valence-electron chi connectivity index (χ2n) is 3.54. The van der Waals surface area contributed by atoms with Crippen LogP contribution >= 0.6 is 11.6 Å². The lowest BCUT2D eigenvalue weighted by Crippen LogP contribution is -1.98. The van der Waals surface area contributed by atoms with E-state index in [1.807, 2.05) is 12.1 Å². The van der Waals surface area contributed by atoms with Gasteiger partial charge in [0.15, 0.2) is 0 Å². The molecule has 4 nitrogen and oxygen atoms in total. The van der Waals surface area contributed by atoms with Crippen molar-refractivity contribution in [2.45, 2.75) is 6.54 Å². The van der Waals surface area contributed by atoms with E-state index in [2.05, 4.69) is 5.32 Å². The molecule has 5 heteroatoms. The third-order valence-electron chi connectivity index (χ3n) is 2.33. The van der Waals surface area contributed by atoms with E-state index in [1.54, 1.807) is 30.3 Å². The van der Waals surface area contributed by atoms with E-state index in [1.165, 1.54) is 0 Å². The molecule has 0 aliphatic carbocycles. The van der Waals surface area contributed by atoms with Gasteiger partial charge in [0.05, 0.1) is 17.1 Å². The molecule has 0 radical (unpaired) electrons. The fourth-order valence-corrected chi connectivity index (χ4v) is 1.66. The lowest BCUT2D eigenvalue weighted by Gasteiger charge is -2.05. The standard InChI is InChI=1S/C13H8ClN3O/c14-13-5-10(2-1-9(13)6-15)17-8-12-4-3-11(7-16)18-12/h1-5,17H,8H2. The molecule has 0 saturated carbocycles. The summed E-state index contributed by atoms with van der Waals surface area (Å²) in [5, 5.41) is 20.9. The first kappa shape index (κ1) is 12.0. The molecule has 18 heavy (non-hydrogen) atoms. The van der Waals surface area contributed by atoms with Gasteiger partial charge in [-0.3, -0.25) is 0 Å². The summed E-state index contributed by atoms with van der Waals surface area (Å²) in [5.41, 5.74) is 1.22. The Bertz CT molecular complexity index is 649. The van der Waals surface area contributed by atoms with Gasteiger partial charge in [-0.1, -0.05) is 11.6 Å². The molecule has 1 aromatic heterocycles. The SMILES string of the molecule is N#Cc1ccc(CNc2ccc(C#N)c(Cl)c2)o1. The zero-order valence-electron chi connectivity index (χ0n) is 9.27. The Morgan fingerprint density at radius 1 is 1.17 bits per heavy atom. The molecular formula is C13H8ClN3O. The highest BCUT2D eigenvalue weighted by atomic mass is 35.5. The first-order chi connectivity index (χ1) is 8.72. The minimum absolute atomic E-state index is 0.282. The van der Waals surface area contributed by atoms with Gasteiger partial charge in [0.2, 0.25) is 5.76 Å². The van der Waals surface area contributed by atoms with Gasteiger partial charge < -0.3 is 9.73 Å². The van der Waals surface area contributed by atoms with Crippen molar-refractivity contribution < 1.29 is 4.42 Å². The Kier molecular flexibility index (Phi) is 3.52. The van der Waals surface area contributed by atoms with Crippen LogP contribution in [0.1, 0.15) is 17.1 Å². The molecule has 0 aliphatic rings. The molecule has 0 spiro atoms. The minimum Gasteiger partial charge on any atom is -0.449 e. The Morgan fingerprint density at radius 2 is 2.00 bits per heavy atom. The third-order valence-corrected chi connectivity index (χ3v) is 2.64. The maximum absolute atomic E-state index is 8.75. The summed E-state index contributed by atoms with van der Waals surface area (Å²) in [7, 11) is 0. The van der Waals surface area contributed by atoms with Crippen molar-refractivity contribution in [1.82, 2.24) is 0 Å². The predicted molar refractivity (Wildman–Crippen MR) is 66.9 cm³/mol. The summed E-state index contributed by atoms with van der Waals surface area (Å²) < 4.78 is 5.22. The fraction of sp³-hybridized carbons (Fsp3) is 0.0769. The highest BCUT2D eigenvalue weighted by Crippen LogP contribution is 2.20. The lowest BCUT2D eigenvalue weighted by molar-refractivity contribution is 0.506. The van der Waals surface area contributed by atoms with E-state index in [0.29, 0.717) is 22.9 Å². The second kappa shape index (κ2) is 5.27. The van der Waals surface area contributed by atoms with E-state index < -0.39 is 0 Å². The number of hydrogen-bond acceptors (Lipinski definition) is 4. The largest absolute Gasteiger partial charge is 0.449 e. The van der Waals surface area contributed by atoms with Crippen LogP contribution in [-0.4, -0.2) is 0 Å². The number of benzene rings is 1. The van der Waals surface area contributed by atoms with Crippen molar-refractivity contribution in [1.29, 1.82) is 10.5 Å². The molecule has 0 amide bonds. The smallest absolute Gasteiger partial charge is 0.203 e. The van der Waals surface area contributed by atoms with Crippen LogP contribution in [0, 0.1) is 22.7 Å². The van der Waals surface area contributed by atoms with E-state index in [9.17, 15) is 0 Å². The van der Waals surface area contributed by atoms with Crippen LogP contribution in [0.2, 0.25) is 5.02 Å². The van der Waals surface area contributed by atoms with Crippen molar-refractivity contribution in [2.75, 3.05) is 5.32 Å². The topological polar surface area (TPSA) is 72.8 Å². The fourth-order valence-electron chi connectivity index (χ4n) is 1.44. The minimum atomic E-state index is 0.282. The van der Waals surface area contributed by atoms with Crippen LogP contribution < -0.4 is 5.32 Å². The number of nitrogens with one attached hydrogen (secondary N) is 1. The Balaban J connectivity index is 2.05. The zero-order valence-corrected chi connectivity index (χ0v) is 10.0. The van der Waals surface area contributed by atoms with Gasteiger partial charge in [0.25, 0.3) is 0 Å². The summed E-state index contributed by atoms with van der Waals surface area (Å²) in [4.78, 5) is 0. The summed E-state index contributed by atoms with van der Waals surface area (Å²) >= 11 is 5.91. The molecule has 2 rings (SSSR count). The van der Waals surface area contributed by atoms with Crippen LogP contribution in [0.5, 0.6) is 0 Å². The number of nitrogens with zero attached hydrogens (tertiary/aromatic N) is 2. The van der Waals surface area contributed by atoms with E-state index in [4.69, 9.17) is 26.5 Å². The summed E-state index contributed by atoms with van der Waals surface area (Å²) in [5.74, 6) is 0.941. The number of anilines is 1. The Hall–Kier alpha value is -2.43. The van der Waals surface area contributed by atoms with Crippen molar-refractivity contribution in [3.8, 4) is 12.1 Å². The molecule has 0 saturated heterocycles. The summed E-state index contributed by atoms with van der Waals surface area (Å²) in [6, 6.07) is 12.3. The number of nitriles is 2. The average molecular weight is 258 g/mol. The van der Waals surface area contributed by atoms with Gasteiger partial charge in [0, 0.05) is 5.69 Å². The van der Waals surface area contributed by atoms with Crippen LogP contribution in [0.15, 0.2) is 34.7 Å². The predicted octanol–water partition coefficient (Wildman–Crippen LogP) is 3.29. The first-order valence-corrected chi connectivity index (χ1v) is 5.53. The number of furan rings is 1. The van der Waals surface area contributed by atoms with Crippen LogP contribution in [-0.2, 0) is 6.54 Å². The van der Waals surface area contributed by atoms with Crippen LogP contribution in [0.25, 0.3) is 0 Å². The van der Waals surface area contributed by atoms with E-state index in [-0.39, 0.29) is 5.76 Å². The van der Waals surface area contributed by atoms with Crippen molar-refractivity contribution in [3.05, 3.63) is 52.4 Å². The Labute approximate surface area is 109 Å². The average Bonchev–Trinajstić information content (AvgIpc) is 2.84. The van der Waals surface area contributed by atoms with Gasteiger partial charge >= 0.3 is 0 Å². The molecule has 1 aromatic carbocycles. The van der Waals surface area contributed by atoms with E-state index in [0.717, 1.165) is 5.69 Å². The maximum Gasteiger partial charge on any atom is 0.203 e. The maximum atomic E-state index is 8.75. The lowest BCUT2D eigenvalue weighted by atomic mass is 10.2. The number of rotatable bonds is 3. The van der Waals surface area contributed by atoms with Crippen molar-refractivity contribution in [3.63, 3.8) is 0 Å². The van der Waals surface area contributed by atoms with Crippen molar-refractivity contribution in [2.24, 2.45) is 0 Å². The summed E-state index contributed by atoms with van der Waals surface area (Å²) in [6.45, 7) is 0.448. The molecule has 0 bridgehead atoms. The third kappa shape index (κ3) is 2.63. The van der Waals surface area contributed by atoms with Crippen molar-refractivity contribution >= 4 is 17.3 Å². The molecule has 88 valence electrons. The normalized spacial score (nSPS) is 9.50. The van der Waals surface area contributed by atoms with E-state index >= 15 is 0 Å². The van der Waals surface area contributed by atoms with Gasteiger partial charge in [-0.2, -0.15) is 10.5 Å². The molecule has 0 atom stereocenters. The molecular weight excluding hydrogens is 250 g/mol. The second-order valence-corrected chi connectivity index (χ2v) is 3.94. The molecule has 1 heterocycles. The summed E-state index contributed by atoms with van der Waals surface area (Å²) in [6.07, 6.45) is 0. The monoisotopic (exact) mass is 257 g/mol. The zero-order chi connectivity index (χ0) is 13.0. The quantitative estimate of drug-likeness (QED) is 0.916. The molecule has 0 fully saturated rings. The van der Waals surface area contributed by atoms with Gasteiger partial charge in [-0.25, -0.2) is 0 Å². The molecule has 1 N–H and O–H groups in total. The van der Waals surface area contributed by atoms with Gasteiger partial charge in [-0.05, 0) is 30.3 Å². The first-order valence-electron chi connectivity index (χ1n) is 5.15. The molecule has 0 aliphatic heterocycles. The highest BCUT2D eigenvalue weighted by Gasteiger charge is 2.03. The van der Waals surface area contributed by atoms with Crippen LogP contribution in [0.4, 0.5) is 5.69 Å². The number of hydrogen-bond donors (Lipinski definition) is 1.